The minimum atomic E-state index is -0.371. The Morgan fingerprint density at radius 1 is 1.38 bits per heavy atom. The van der Waals surface area contributed by atoms with E-state index in [9.17, 15) is 4.79 Å². The Bertz CT molecular complexity index is 414. The van der Waals surface area contributed by atoms with E-state index in [0.717, 1.165) is 25.9 Å². The lowest BCUT2D eigenvalue weighted by atomic mass is 9.89. The van der Waals surface area contributed by atoms with E-state index < -0.39 is 0 Å². The van der Waals surface area contributed by atoms with E-state index in [1.807, 2.05) is 13.0 Å². The molecule has 0 spiro atoms. The molecule has 0 aromatic carbocycles. The molecule has 0 amide bonds. The van der Waals surface area contributed by atoms with Crippen LogP contribution in [0.1, 0.15) is 50.8 Å². The van der Waals surface area contributed by atoms with E-state index in [0.29, 0.717) is 6.42 Å². The van der Waals surface area contributed by atoms with Crippen LogP contribution in [0, 0.1) is 0 Å². The summed E-state index contributed by atoms with van der Waals surface area (Å²) < 4.78 is 5.87. The van der Waals surface area contributed by atoms with Gasteiger partial charge in [-0.3, -0.25) is 4.79 Å². The van der Waals surface area contributed by atoms with E-state index in [2.05, 4.69) is 23.3 Å². The molecular weight excluding hydrogens is 306 g/mol. The predicted octanol–water partition coefficient (Wildman–Crippen LogP) is 4.21. The van der Waals surface area contributed by atoms with Gasteiger partial charge in [-0.25, -0.2) is 0 Å². The zero-order valence-corrected chi connectivity index (χ0v) is 14.6. The van der Waals surface area contributed by atoms with Crippen molar-refractivity contribution in [2.45, 2.75) is 51.6 Å². The highest BCUT2D eigenvalue weighted by atomic mass is 35.5. The molecule has 0 atom stereocenters. The summed E-state index contributed by atoms with van der Waals surface area (Å²) in [5.41, 5.74) is -0.371. The highest BCUT2D eigenvalue weighted by Crippen LogP contribution is 2.39. The fourth-order valence-corrected chi connectivity index (χ4v) is 3.67. The molecule has 2 heterocycles. The van der Waals surface area contributed by atoms with Gasteiger partial charge in [-0.2, -0.15) is 0 Å². The Morgan fingerprint density at radius 3 is 2.62 bits per heavy atom. The second-order valence-corrected chi connectivity index (χ2v) is 6.44. The number of esters is 1. The molecule has 1 fully saturated rings. The number of carbonyl (C=O) groups is 1. The highest BCUT2D eigenvalue weighted by molar-refractivity contribution is 7.10. The van der Waals surface area contributed by atoms with E-state index in [-0.39, 0.29) is 24.0 Å². The Kier molecular flexibility index (Phi) is 7.71. The van der Waals surface area contributed by atoms with Crippen molar-refractivity contribution in [3.63, 3.8) is 0 Å². The van der Waals surface area contributed by atoms with Crippen LogP contribution >= 0.6 is 23.7 Å². The van der Waals surface area contributed by atoms with Crippen LogP contribution in [0.15, 0.2) is 17.5 Å². The average Bonchev–Trinajstić information content (AvgIpc) is 3.01. The number of likely N-dealkylation sites (tertiary alicyclic amines) is 1. The van der Waals surface area contributed by atoms with Crippen LogP contribution < -0.4 is 0 Å². The first kappa shape index (κ1) is 18.5. The van der Waals surface area contributed by atoms with Gasteiger partial charge in [0.15, 0.2) is 0 Å². The third-order valence-corrected chi connectivity index (χ3v) is 5.11. The third-order valence-electron chi connectivity index (χ3n) is 4.06. The molecule has 0 unspecified atom stereocenters. The smallest absolute Gasteiger partial charge is 0.306 e. The molecule has 21 heavy (non-hydrogen) atoms. The molecule has 1 saturated heterocycles. The first-order valence-corrected chi connectivity index (χ1v) is 8.56. The number of unbranched alkanes of at least 4 members (excludes halogenated alkanes) is 1. The minimum Gasteiger partial charge on any atom is -0.453 e. The van der Waals surface area contributed by atoms with Crippen LogP contribution in [-0.2, 0) is 15.1 Å². The van der Waals surface area contributed by atoms with Gasteiger partial charge < -0.3 is 9.64 Å². The second-order valence-electron chi connectivity index (χ2n) is 5.49. The van der Waals surface area contributed by atoms with Crippen LogP contribution in [0.5, 0.6) is 0 Å². The summed E-state index contributed by atoms with van der Waals surface area (Å²) >= 11 is 1.70. The summed E-state index contributed by atoms with van der Waals surface area (Å²) in [6.45, 7) is 7.30. The van der Waals surface area contributed by atoms with Gasteiger partial charge in [0, 0.05) is 37.2 Å². The standard InChI is InChI=1S/C16H25NO2S.ClH/c1-3-5-10-17-11-8-16(9-12-17,19-15(18)4-2)14-7-6-13-20-14;/h6-7,13H,3-5,8-12H2,1-2H3;1H. The molecule has 1 aliphatic rings. The molecule has 0 bridgehead atoms. The molecule has 3 nitrogen and oxygen atoms in total. The van der Waals surface area contributed by atoms with Crippen LogP contribution in [0.2, 0.25) is 0 Å². The number of piperidine rings is 1. The quantitative estimate of drug-likeness (QED) is 0.731. The van der Waals surface area contributed by atoms with E-state index in [1.165, 1.54) is 24.3 Å². The largest absolute Gasteiger partial charge is 0.453 e. The monoisotopic (exact) mass is 331 g/mol. The molecule has 0 aliphatic carbocycles. The van der Waals surface area contributed by atoms with Gasteiger partial charge in [0.25, 0.3) is 0 Å². The van der Waals surface area contributed by atoms with Crippen molar-refractivity contribution >= 4 is 29.7 Å². The number of halogens is 1. The van der Waals surface area contributed by atoms with E-state index in [1.54, 1.807) is 11.3 Å². The molecular formula is C16H26ClNO2S. The highest BCUT2D eigenvalue weighted by Gasteiger charge is 2.40. The van der Waals surface area contributed by atoms with Crippen molar-refractivity contribution in [2.24, 2.45) is 0 Å². The van der Waals surface area contributed by atoms with Crippen molar-refractivity contribution in [2.75, 3.05) is 19.6 Å². The zero-order chi connectivity index (χ0) is 14.4. The summed E-state index contributed by atoms with van der Waals surface area (Å²) in [6, 6.07) is 4.15. The minimum absolute atomic E-state index is 0. The molecule has 0 saturated carbocycles. The van der Waals surface area contributed by atoms with Crippen LogP contribution in [0.4, 0.5) is 0 Å². The Balaban J connectivity index is 0.00000220. The van der Waals surface area contributed by atoms with Gasteiger partial charge in [-0.1, -0.05) is 26.3 Å². The fraction of sp³-hybridized carbons (Fsp3) is 0.688. The summed E-state index contributed by atoms with van der Waals surface area (Å²) in [4.78, 5) is 15.5. The second kappa shape index (κ2) is 8.76. The van der Waals surface area contributed by atoms with Gasteiger partial charge in [0.05, 0.1) is 0 Å². The number of hydrogen-bond donors (Lipinski definition) is 0. The first-order chi connectivity index (χ1) is 9.70. The maximum absolute atomic E-state index is 11.8. The third kappa shape index (κ3) is 4.70. The maximum atomic E-state index is 11.8. The SMILES string of the molecule is CCCCN1CCC(OC(=O)CC)(c2cccs2)CC1.Cl. The zero-order valence-electron chi connectivity index (χ0n) is 13.0. The predicted molar refractivity (Wildman–Crippen MR) is 90.2 cm³/mol. The lowest BCUT2D eigenvalue weighted by molar-refractivity contribution is -0.166. The summed E-state index contributed by atoms with van der Waals surface area (Å²) in [5.74, 6) is -0.0830. The van der Waals surface area contributed by atoms with Crippen molar-refractivity contribution in [3.05, 3.63) is 22.4 Å². The Labute approximate surface area is 138 Å². The molecule has 0 N–H and O–H groups in total. The molecule has 1 aromatic heterocycles. The molecule has 1 aromatic rings. The molecule has 1 aliphatic heterocycles. The lowest BCUT2D eigenvalue weighted by Crippen LogP contribution is -2.45. The van der Waals surface area contributed by atoms with Gasteiger partial charge in [0.1, 0.15) is 5.60 Å². The normalized spacial score (nSPS) is 18.0. The van der Waals surface area contributed by atoms with Crippen molar-refractivity contribution in [1.82, 2.24) is 4.90 Å². The number of nitrogens with zero attached hydrogens (tertiary/aromatic N) is 1. The van der Waals surface area contributed by atoms with E-state index >= 15 is 0 Å². The first-order valence-electron chi connectivity index (χ1n) is 7.68. The fourth-order valence-electron chi connectivity index (χ4n) is 2.75. The number of ether oxygens (including phenoxy) is 1. The molecule has 2 rings (SSSR count). The van der Waals surface area contributed by atoms with Crippen LogP contribution in [-0.4, -0.2) is 30.5 Å². The lowest BCUT2D eigenvalue weighted by Gasteiger charge is -2.40. The van der Waals surface area contributed by atoms with Gasteiger partial charge in [-0.15, -0.1) is 23.7 Å². The van der Waals surface area contributed by atoms with Crippen LogP contribution in [0.25, 0.3) is 0 Å². The summed E-state index contributed by atoms with van der Waals surface area (Å²) in [6.07, 6.45) is 4.77. The number of carbonyl (C=O) groups excluding carboxylic acids is 1. The van der Waals surface area contributed by atoms with Crippen molar-refractivity contribution < 1.29 is 9.53 Å². The summed E-state index contributed by atoms with van der Waals surface area (Å²) in [5, 5.41) is 2.07. The Morgan fingerprint density at radius 2 is 2.10 bits per heavy atom. The molecule has 0 radical (unpaired) electrons. The van der Waals surface area contributed by atoms with E-state index in [4.69, 9.17) is 4.74 Å². The van der Waals surface area contributed by atoms with Crippen molar-refractivity contribution in [1.29, 1.82) is 0 Å². The topological polar surface area (TPSA) is 29.5 Å². The summed E-state index contributed by atoms with van der Waals surface area (Å²) in [7, 11) is 0. The Hall–Kier alpha value is -0.580. The van der Waals surface area contributed by atoms with Gasteiger partial charge >= 0.3 is 5.97 Å². The van der Waals surface area contributed by atoms with Crippen LogP contribution in [0.3, 0.4) is 0 Å². The maximum Gasteiger partial charge on any atom is 0.306 e. The molecule has 120 valence electrons. The van der Waals surface area contributed by atoms with Gasteiger partial charge in [-0.05, 0) is 24.4 Å². The van der Waals surface area contributed by atoms with Crippen molar-refractivity contribution in [3.8, 4) is 0 Å². The van der Waals surface area contributed by atoms with Gasteiger partial charge in [0.2, 0.25) is 0 Å². The number of rotatable bonds is 6. The number of thiophene rings is 1. The number of hydrogen-bond acceptors (Lipinski definition) is 4. The molecule has 5 heteroatoms. The average molecular weight is 332 g/mol.